The number of nitrogens with one attached hydrogen (secondary N) is 1. The summed E-state index contributed by atoms with van der Waals surface area (Å²) in [6, 6.07) is 0. The summed E-state index contributed by atoms with van der Waals surface area (Å²) in [6.07, 6.45) is 3.57. The van der Waals surface area contributed by atoms with Crippen LogP contribution in [0.15, 0.2) is 22.2 Å². The van der Waals surface area contributed by atoms with E-state index in [2.05, 4.69) is 30.2 Å². The Kier molecular flexibility index (Phi) is 1.35. The third kappa shape index (κ3) is 0.951. The zero-order chi connectivity index (χ0) is 5.28. The van der Waals surface area contributed by atoms with Crippen LogP contribution in [-0.4, -0.2) is 4.98 Å². The van der Waals surface area contributed by atoms with E-state index in [1.165, 1.54) is 0 Å². The predicted octanol–water partition coefficient (Wildman–Crippen LogP) is 1.59. The van der Waals surface area contributed by atoms with Gasteiger partial charge in [0.05, 0.1) is 0 Å². The Morgan fingerprint density at radius 1 is 1.14 bits per heavy atom. The minimum absolute atomic E-state index is 0.892. The maximum atomic E-state index is 4.04. The lowest BCUT2D eigenvalue weighted by molar-refractivity contribution is 1.36. The Labute approximate surface area is 53.0 Å². The Hall–Kier alpha value is -0.0200. The average molecular weight is 131 g/mol. The maximum absolute atomic E-state index is 4.04. The van der Waals surface area contributed by atoms with Crippen LogP contribution in [0.2, 0.25) is 0 Å². The van der Waals surface area contributed by atoms with Gasteiger partial charge in [0.1, 0.15) is 0 Å². The summed E-state index contributed by atoms with van der Waals surface area (Å²) in [7, 11) is 0. The Morgan fingerprint density at radius 3 is 1.71 bits per heavy atom. The van der Waals surface area contributed by atoms with Crippen molar-refractivity contribution in [3.63, 3.8) is 0 Å². The van der Waals surface area contributed by atoms with Gasteiger partial charge in [-0.05, 0) is 0 Å². The fourth-order valence-electron chi connectivity index (χ4n) is 0.347. The van der Waals surface area contributed by atoms with Gasteiger partial charge in [0.25, 0.3) is 0 Å². The van der Waals surface area contributed by atoms with E-state index in [0.29, 0.717) is 0 Å². The van der Waals surface area contributed by atoms with Gasteiger partial charge in [0.2, 0.25) is 0 Å². The molecule has 7 heavy (non-hydrogen) atoms. The van der Waals surface area contributed by atoms with Crippen molar-refractivity contribution >= 4 is 25.3 Å². The van der Waals surface area contributed by atoms with E-state index in [4.69, 9.17) is 0 Å². The summed E-state index contributed by atoms with van der Waals surface area (Å²) in [5, 5.41) is 0. The molecule has 0 aliphatic heterocycles. The SMILES string of the molecule is Sc1c[nH]cc1S. The zero-order valence-corrected chi connectivity index (χ0v) is 5.34. The molecule has 1 heterocycles. The van der Waals surface area contributed by atoms with Crippen molar-refractivity contribution in [2.75, 3.05) is 0 Å². The molecule has 1 aromatic heterocycles. The molecule has 0 radical (unpaired) electrons. The molecule has 3 heteroatoms. The highest BCUT2D eigenvalue weighted by atomic mass is 32.1. The summed E-state index contributed by atoms with van der Waals surface area (Å²) >= 11 is 8.08. The van der Waals surface area contributed by atoms with E-state index < -0.39 is 0 Å². The quantitative estimate of drug-likeness (QED) is 0.443. The molecule has 0 spiro atoms. The van der Waals surface area contributed by atoms with Gasteiger partial charge in [0, 0.05) is 22.2 Å². The van der Waals surface area contributed by atoms with Crippen molar-refractivity contribution in [3.05, 3.63) is 12.4 Å². The smallest absolute Gasteiger partial charge is 0.0349 e. The van der Waals surface area contributed by atoms with Crippen molar-refractivity contribution in [1.29, 1.82) is 0 Å². The third-order valence-electron chi connectivity index (χ3n) is 0.703. The first-order valence-electron chi connectivity index (χ1n) is 1.85. The van der Waals surface area contributed by atoms with Gasteiger partial charge in [0.15, 0.2) is 0 Å². The van der Waals surface area contributed by atoms with Crippen LogP contribution in [0.1, 0.15) is 0 Å². The van der Waals surface area contributed by atoms with Gasteiger partial charge in [-0.15, -0.1) is 25.3 Å². The molecule has 0 unspecified atom stereocenters. The second kappa shape index (κ2) is 1.84. The van der Waals surface area contributed by atoms with Crippen LogP contribution in [-0.2, 0) is 0 Å². The van der Waals surface area contributed by atoms with Crippen molar-refractivity contribution in [1.82, 2.24) is 4.98 Å². The molecule has 0 aromatic carbocycles. The fourth-order valence-corrected chi connectivity index (χ4v) is 0.626. The molecule has 0 atom stereocenters. The first-order chi connectivity index (χ1) is 3.30. The first kappa shape index (κ1) is 5.12. The standard InChI is InChI=1S/C4H5NS2/c6-3-1-5-2-4(3)7/h1-2,5-7H. The van der Waals surface area contributed by atoms with Crippen molar-refractivity contribution in [2.45, 2.75) is 9.79 Å². The lowest BCUT2D eigenvalue weighted by Gasteiger charge is -1.77. The molecule has 0 aliphatic rings. The van der Waals surface area contributed by atoms with Crippen LogP contribution in [0, 0.1) is 0 Å². The summed E-state index contributed by atoms with van der Waals surface area (Å²) in [4.78, 5) is 4.63. The molecule has 1 N–H and O–H groups in total. The van der Waals surface area contributed by atoms with Gasteiger partial charge in [-0.3, -0.25) is 0 Å². The predicted molar refractivity (Wildman–Crippen MR) is 35.3 cm³/mol. The molecule has 1 rings (SSSR count). The molecule has 0 saturated heterocycles. The molecule has 0 bridgehead atoms. The van der Waals surface area contributed by atoms with Crippen LogP contribution >= 0.6 is 25.3 Å². The number of hydrogen-bond donors (Lipinski definition) is 3. The molecule has 38 valence electrons. The first-order valence-corrected chi connectivity index (χ1v) is 2.75. The Bertz CT molecular complexity index is 142. The van der Waals surface area contributed by atoms with E-state index in [1.54, 1.807) is 12.4 Å². The molecule has 0 saturated carbocycles. The van der Waals surface area contributed by atoms with Crippen LogP contribution in [0.4, 0.5) is 0 Å². The van der Waals surface area contributed by atoms with Crippen molar-refractivity contribution < 1.29 is 0 Å². The number of aromatic amines is 1. The van der Waals surface area contributed by atoms with Crippen LogP contribution < -0.4 is 0 Å². The van der Waals surface area contributed by atoms with E-state index in [0.717, 1.165) is 9.79 Å². The highest BCUT2D eigenvalue weighted by molar-refractivity contribution is 7.83. The maximum Gasteiger partial charge on any atom is 0.0349 e. The van der Waals surface area contributed by atoms with Crippen molar-refractivity contribution in [3.8, 4) is 0 Å². The largest absolute Gasteiger partial charge is 0.366 e. The number of thiol groups is 2. The fraction of sp³-hybridized carbons (Fsp3) is 0. The third-order valence-corrected chi connectivity index (χ3v) is 1.62. The molecule has 1 aromatic rings. The minimum atomic E-state index is 0.892. The molecule has 1 nitrogen and oxygen atoms in total. The van der Waals surface area contributed by atoms with Crippen LogP contribution in [0.3, 0.4) is 0 Å². The van der Waals surface area contributed by atoms with Gasteiger partial charge in [-0.1, -0.05) is 0 Å². The van der Waals surface area contributed by atoms with Crippen LogP contribution in [0.5, 0.6) is 0 Å². The average Bonchev–Trinajstić information content (AvgIpc) is 1.91. The number of H-pyrrole nitrogens is 1. The summed E-state index contributed by atoms with van der Waals surface area (Å²) in [6.45, 7) is 0. The second-order valence-electron chi connectivity index (χ2n) is 1.23. The molecular weight excluding hydrogens is 126 g/mol. The Morgan fingerprint density at radius 2 is 1.57 bits per heavy atom. The van der Waals surface area contributed by atoms with Gasteiger partial charge >= 0.3 is 0 Å². The topological polar surface area (TPSA) is 15.8 Å². The zero-order valence-electron chi connectivity index (χ0n) is 3.55. The van der Waals surface area contributed by atoms with E-state index in [-0.39, 0.29) is 0 Å². The van der Waals surface area contributed by atoms with Gasteiger partial charge in [-0.25, -0.2) is 0 Å². The Balaban J connectivity index is 3.12. The number of aromatic nitrogens is 1. The molecule has 0 aliphatic carbocycles. The van der Waals surface area contributed by atoms with Gasteiger partial charge in [-0.2, -0.15) is 0 Å². The lowest BCUT2D eigenvalue weighted by Crippen LogP contribution is -1.50. The minimum Gasteiger partial charge on any atom is -0.366 e. The highest BCUT2D eigenvalue weighted by Crippen LogP contribution is 2.14. The summed E-state index contributed by atoms with van der Waals surface area (Å²) < 4.78 is 0. The molecule has 0 amide bonds. The van der Waals surface area contributed by atoms with E-state index in [1.807, 2.05) is 0 Å². The van der Waals surface area contributed by atoms with Crippen molar-refractivity contribution in [2.24, 2.45) is 0 Å². The number of rotatable bonds is 0. The summed E-state index contributed by atoms with van der Waals surface area (Å²) in [5.41, 5.74) is 0. The lowest BCUT2D eigenvalue weighted by atomic mass is 10.7. The molecule has 0 fully saturated rings. The van der Waals surface area contributed by atoms with E-state index in [9.17, 15) is 0 Å². The normalized spacial score (nSPS) is 9.43. The highest BCUT2D eigenvalue weighted by Gasteiger charge is 1.88. The second-order valence-corrected chi connectivity index (χ2v) is 2.19. The monoisotopic (exact) mass is 131 g/mol. The van der Waals surface area contributed by atoms with Gasteiger partial charge < -0.3 is 4.98 Å². The van der Waals surface area contributed by atoms with E-state index >= 15 is 0 Å². The number of hydrogen-bond acceptors (Lipinski definition) is 2. The molecular formula is C4H5NS2. The van der Waals surface area contributed by atoms with Crippen LogP contribution in [0.25, 0.3) is 0 Å². The summed E-state index contributed by atoms with van der Waals surface area (Å²) in [5.74, 6) is 0.